The number of aromatic nitrogens is 3. The first-order valence-electron chi connectivity index (χ1n) is 11.1. The fraction of sp³-hybridized carbons (Fsp3) is 0.375. The van der Waals surface area contributed by atoms with E-state index in [4.69, 9.17) is 4.99 Å². The molecule has 0 atom stereocenters. The lowest BCUT2D eigenvalue weighted by atomic mass is 10.1. The minimum atomic E-state index is 0. The highest BCUT2D eigenvalue weighted by Gasteiger charge is 2.13. The zero-order valence-corrected chi connectivity index (χ0v) is 20.9. The van der Waals surface area contributed by atoms with Crippen LogP contribution < -0.4 is 15.5 Å². The van der Waals surface area contributed by atoms with Crippen LogP contribution >= 0.6 is 24.0 Å². The second-order valence-electron chi connectivity index (χ2n) is 7.74. The van der Waals surface area contributed by atoms with Crippen LogP contribution in [0.15, 0.2) is 66.0 Å². The quantitative estimate of drug-likeness (QED) is 0.256. The van der Waals surface area contributed by atoms with Crippen LogP contribution in [0.3, 0.4) is 0 Å². The topological polar surface area (TPSA) is 70.4 Å². The molecule has 1 aliphatic heterocycles. The lowest BCUT2D eigenvalue weighted by Crippen LogP contribution is -2.37. The zero-order valence-electron chi connectivity index (χ0n) is 18.6. The summed E-state index contributed by atoms with van der Waals surface area (Å²) in [5.74, 6) is 1.88. The van der Waals surface area contributed by atoms with E-state index in [0.29, 0.717) is 13.1 Å². The number of benzene rings is 1. The number of hydrogen-bond acceptors (Lipinski definition) is 4. The first-order chi connectivity index (χ1) is 15.3. The number of halogens is 1. The van der Waals surface area contributed by atoms with Gasteiger partial charge in [0, 0.05) is 44.8 Å². The third kappa shape index (κ3) is 6.69. The maximum absolute atomic E-state index is 4.75. The molecule has 170 valence electrons. The standard InChI is InChI=1S/C24H31N7.HI/c1-2-25-24(27-17-20-10-11-23(26-16-20)30-13-5-6-14-30)28-18-21-8-3-4-9-22(21)19-31-15-7-12-29-31;/h3-4,7-12,15-16H,2,5-6,13-14,17-19H2,1H3,(H2,25,27,28);1H. The average molecular weight is 545 g/mol. The molecule has 1 fully saturated rings. The Morgan fingerprint density at radius 3 is 2.53 bits per heavy atom. The van der Waals surface area contributed by atoms with E-state index in [-0.39, 0.29) is 24.0 Å². The lowest BCUT2D eigenvalue weighted by Gasteiger charge is -2.16. The Balaban J connectivity index is 0.00000289. The van der Waals surface area contributed by atoms with Crippen LogP contribution in [0.2, 0.25) is 0 Å². The minimum Gasteiger partial charge on any atom is -0.357 e. The van der Waals surface area contributed by atoms with Crippen LogP contribution in [0, 0.1) is 0 Å². The molecule has 0 unspecified atom stereocenters. The molecule has 4 rings (SSSR count). The highest BCUT2D eigenvalue weighted by Crippen LogP contribution is 2.17. The van der Waals surface area contributed by atoms with Gasteiger partial charge in [0.2, 0.25) is 0 Å². The Hall–Kier alpha value is -2.62. The van der Waals surface area contributed by atoms with Crippen LogP contribution in [0.1, 0.15) is 36.5 Å². The van der Waals surface area contributed by atoms with Gasteiger partial charge < -0.3 is 15.5 Å². The van der Waals surface area contributed by atoms with Crippen molar-refractivity contribution in [2.75, 3.05) is 24.5 Å². The molecule has 0 amide bonds. The molecule has 1 saturated heterocycles. The summed E-state index contributed by atoms with van der Waals surface area (Å²) in [5, 5.41) is 11.1. The van der Waals surface area contributed by atoms with E-state index in [1.54, 1.807) is 0 Å². The fourth-order valence-corrected chi connectivity index (χ4v) is 3.79. The van der Waals surface area contributed by atoms with Crippen molar-refractivity contribution in [2.24, 2.45) is 4.99 Å². The third-order valence-electron chi connectivity index (χ3n) is 5.46. The summed E-state index contributed by atoms with van der Waals surface area (Å²) in [6.07, 6.45) is 8.26. The van der Waals surface area contributed by atoms with Crippen molar-refractivity contribution >= 4 is 35.8 Å². The van der Waals surface area contributed by atoms with Crippen molar-refractivity contribution in [3.63, 3.8) is 0 Å². The Morgan fingerprint density at radius 1 is 1.03 bits per heavy atom. The molecule has 7 nitrogen and oxygen atoms in total. The molecule has 2 N–H and O–H groups in total. The summed E-state index contributed by atoms with van der Waals surface area (Å²) in [4.78, 5) is 11.7. The predicted molar refractivity (Wildman–Crippen MR) is 141 cm³/mol. The highest BCUT2D eigenvalue weighted by atomic mass is 127. The van der Waals surface area contributed by atoms with E-state index in [9.17, 15) is 0 Å². The van der Waals surface area contributed by atoms with Crippen LogP contribution in [0.4, 0.5) is 5.82 Å². The van der Waals surface area contributed by atoms with Crippen LogP contribution in [-0.4, -0.2) is 40.4 Å². The van der Waals surface area contributed by atoms with E-state index >= 15 is 0 Å². The smallest absolute Gasteiger partial charge is 0.191 e. The maximum Gasteiger partial charge on any atom is 0.191 e. The summed E-state index contributed by atoms with van der Waals surface area (Å²) in [6, 6.07) is 14.6. The number of hydrogen-bond donors (Lipinski definition) is 2. The number of pyridine rings is 1. The maximum atomic E-state index is 4.75. The van der Waals surface area contributed by atoms with Crippen molar-refractivity contribution in [3.8, 4) is 0 Å². The second kappa shape index (κ2) is 12.4. The van der Waals surface area contributed by atoms with Gasteiger partial charge in [0.1, 0.15) is 5.82 Å². The Kier molecular flexibility index (Phi) is 9.33. The molecule has 8 heteroatoms. The monoisotopic (exact) mass is 545 g/mol. The molecule has 0 bridgehead atoms. The SMILES string of the molecule is CCNC(=NCc1ccc(N2CCCC2)nc1)NCc1ccccc1Cn1cccn1.I. The van der Waals surface area contributed by atoms with Crippen LogP contribution in [0.5, 0.6) is 0 Å². The van der Waals surface area contributed by atoms with Crippen molar-refractivity contribution < 1.29 is 0 Å². The predicted octanol–water partition coefficient (Wildman–Crippen LogP) is 3.80. The summed E-state index contributed by atoms with van der Waals surface area (Å²) < 4.78 is 1.94. The number of aliphatic imine (C=N–C) groups is 1. The molecule has 0 spiro atoms. The van der Waals surface area contributed by atoms with Gasteiger partial charge in [0.15, 0.2) is 5.96 Å². The lowest BCUT2D eigenvalue weighted by molar-refractivity contribution is 0.677. The zero-order chi connectivity index (χ0) is 21.3. The molecule has 1 aliphatic rings. The van der Waals surface area contributed by atoms with Gasteiger partial charge in [-0.25, -0.2) is 9.98 Å². The van der Waals surface area contributed by atoms with Gasteiger partial charge in [0.25, 0.3) is 0 Å². The Labute approximate surface area is 207 Å². The molecule has 0 saturated carbocycles. The van der Waals surface area contributed by atoms with E-state index in [1.165, 1.54) is 24.0 Å². The fourth-order valence-electron chi connectivity index (χ4n) is 3.79. The molecule has 0 radical (unpaired) electrons. The summed E-state index contributed by atoms with van der Waals surface area (Å²) >= 11 is 0. The molecule has 2 aromatic heterocycles. The average Bonchev–Trinajstić information content (AvgIpc) is 3.51. The van der Waals surface area contributed by atoms with Crippen molar-refractivity contribution in [3.05, 3.63) is 77.7 Å². The molecule has 32 heavy (non-hydrogen) atoms. The van der Waals surface area contributed by atoms with Gasteiger partial charge in [-0.3, -0.25) is 4.68 Å². The molecule has 0 aliphatic carbocycles. The number of guanidine groups is 1. The van der Waals surface area contributed by atoms with E-state index in [0.717, 1.165) is 43.5 Å². The second-order valence-corrected chi connectivity index (χ2v) is 7.74. The van der Waals surface area contributed by atoms with Crippen molar-refractivity contribution in [2.45, 2.75) is 39.4 Å². The summed E-state index contributed by atoms with van der Waals surface area (Å²) in [5.41, 5.74) is 3.59. The third-order valence-corrected chi connectivity index (χ3v) is 5.46. The van der Waals surface area contributed by atoms with Gasteiger partial charge in [-0.15, -0.1) is 24.0 Å². The molecule has 3 heterocycles. The highest BCUT2D eigenvalue weighted by molar-refractivity contribution is 14.0. The van der Waals surface area contributed by atoms with E-state index in [2.05, 4.69) is 68.9 Å². The first-order valence-corrected chi connectivity index (χ1v) is 11.1. The van der Waals surface area contributed by atoms with Crippen molar-refractivity contribution in [1.82, 2.24) is 25.4 Å². The number of anilines is 1. The van der Waals surface area contributed by atoms with Gasteiger partial charge in [-0.2, -0.15) is 5.10 Å². The van der Waals surface area contributed by atoms with Gasteiger partial charge >= 0.3 is 0 Å². The summed E-state index contributed by atoms with van der Waals surface area (Å²) in [6.45, 7) is 7.17. The molecule has 1 aromatic carbocycles. The van der Waals surface area contributed by atoms with Crippen molar-refractivity contribution in [1.29, 1.82) is 0 Å². The molecular weight excluding hydrogens is 513 g/mol. The first kappa shape index (κ1) is 24.0. The van der Waals surface area contributed by atoms with E-state index < -0.39 is 0 Å². The van der Waals surface area contributed by atoms with Crippen LogP contribution in [-0.2, 0) is 19.6 Å². The number of nitrogens with zero attached hydrogens (tertiary/aromatic N) is 5. The Bertz CT molecular complexity index is 964. The largest absolute Gasteiger partial charge is 0.357 e. The number of nitrogens with one attached hydrogen (secondary N) is 2. The summed E-state index contributed by atoms with van der Waals surface area (Å²) in [7, 11) is 0. The van der Waals surface area contributed by atoms with E-state index in [1.807, 2.05) is 29.3 Å². The van der Waals surface area contributed by atoms with Crippen LogP contribution in [0.25, 0.3) is 0 Å². The van der Waals surface area contributed by atoms with Gasteiger partial charge in [0.05, 0.1) is 13.1 Å². The van der Waals surface area contributed by atoms with Gasteiger partial charge in [-0.1, -0.05) is 30.3 Å². The minimum absolute atomic E-state index is 0. The number of rotatable bonds is 8. The van der Waals surface area contributed by atoms with Gasteiger partial charge in [-0.05, 0) is 48.6 Å². The Morgan fingerprint density at radius 2 is 1.84 bits per heavy atom. The molecule has 3 aromatic rings. The normalized spacial score (nSPS) is 13.7. The molecular formula is C24H32IN7.